The van der Waals surface area contributed by atoms with Crippen molar-refractivity contribution in [2.75, 3.05) is 13.7 Å². The fourth-order valence-electron chi connectivity index (χ4n) is 3.32. The summed E-state index contributed by atoms with van der Waals surface area (Å²) in [5.41, 5.74) is 0.255. The largest absolute Gasteiger partial charge is 0.497 e. The van der Waals surface area contributed by atoms with Crippen molar-refractivity contribution in [1.82, 2.24) is 10.1 Å². The van der Waals surface area contributed by atoms with E-state index in [4.69, 9.17) is 9.26 Å². The average molecular weight is 330 g/mol. The van der Waals surface area contributed by atoms with Crippen LogP contribution in [0.3, 0.4) is 0 Å². The molecule has 0 spiro atoms. The van der Waals surface area contributed by atoms with E-state index in [0.717, 1.165) is 24.2 Å². The maximum atomic E-state index is 12.7. The van der Waals surface area contributed by atoms with Gasteiger partial charge in [0, 0.05) is 12.6 Å². The van der Waals surface area contributed by atoms with Crippen molar-refractivity contribution in [2.24, 2.45) is 0 Å². The maximum Gasteiger partial charge on any atom is 0.292 e. The van der Waals surface area contributed by atoms with Crippen molar-refractivity contribution in [3.63, 3.8) is 0 Å². The molecular weight excluding hydrogens is 308 g/mol. The molecule has 1 N–H and O–H groups in total. The Morgan fingerprint density at radius 1 is 1.42 bits per heavy atom. The number of ether oxygens (including phenoxy) is 1. The fourth-order valence-corrected chi connectivity index (χ4v) is 3.32. The van der Waals surface area contributed by atoms with Gasteiger partial charge in [-0.1, -0.05) is 17.3 Å². The molecule has 1 aliphatic heterocycles. The van der Waals surface area contributed by atoms with E-state index < -0.39 is 5.60 Å². The lowest BCUT2D eigenvalue weighted by molar-refractivity contribution is -0.0187. The molecule has 1 aromatic heterocycles. The minimum atomic E-state index is -1.16. The van der Waals surface area contributed by atoms with E-state index in [9.17, 15) is 9.90 Å². The van der Waals surface area contributed by atoms with Gasteiger partial charge in [-0.05, 0) is 44.4 Å². The molecule has 0 bridgehead atoms. The third kappa shape index (κ3) is 2.89. The number of likely N-dealkylation sites (tertiary alicyclic amines) is 1. The predicted octanol–water partition coefficient (Wildman–Crippen LogP) is 2.50. The average Bonchev–Trinajstić information content (AvgIpc) is 3.23. The summed E-state index contributed by atoms with van der Waals surface area (Å²) in [5.74, 6) is 0.711. The first-order valence-electron chi connectivity index (χ1n) is 8.04. The van der Waals surface area contributed by atoms with Gasteiger partial charge in [0.25, 0.3) is 5.91 Å². The third-order valence-corrected chi connectivity index (χ3v) is 4.68. The number of amides is 1. The lowest BCUT2D eigenvalue weighted by Gasteiger charge is -2.36. The van der Waals surface area contributed by atoms with E-state index in [1.165, 1.54) is 0 Å². The number of rotatable bonds is 4. The molecule has 1 saturated heterocycles. The van der Waals surface area contributed by atoms with E-state index in [0.29, 0.717) is 12.2 Å². The first-order chi connectivity index (χ1) is 11.4. The highest BCUT2D eigenvalue weighted by Crippen LogP contribution is 2.36. The van der Waals surface area contributed by atoms with E-state index >= 15 is 0 Å². The second-order valence-electron chi connectivity index (χ2n) is 6.37. The van der Waals surface area contributed by atoms with Crippen molar-refractivity contribution < 1.29 is 19.2 Å². The van der Waals surface area contributed by atoms with Crippen LogP contribution in [0.2, 0.25) is 0 Å². The van der Waals surface area contributed by atoms with Gasteiger partial charge in [-0.25, -0.2) is 0 Å². The first kappa shape index (κ1) is 16.5. The van der Waals surface area contributed by atoms with Crippen LogP contribution in [0.15, 0.2) is 34.9 Å². The summed E-state index contributed by atoms with van der Waals surface area (Å²) >= 11 is 0. The second kappa shape index (κ2) is 6.28. The summed E-state index contributed by atoms with van der Waals surface area (Å²) in [6.07, 6.45) is 1.58. The quantitative estimate of drug-likeness (QED) is 0.932. The molecule has 2 atom stereocenters. The van der Waals surface area contributed by atoms with Gasteiger partial charge in [-0.3, -0.25) is 4.79 Å². The molecule has 2 unspecified atom stereocenters. The van der Waals surface area contributed by atoms with Gasteiger partial charge in [-0.2, -0.15) is 0 Å². The third-order valence-electron chi connectivity index (χ3n) is 4.68. The van der Waals surface area contributed by atoms with Crippen LogP contribution < -0.4 is 4.74 Å². The van der Waals surface area contributed by atoms with Crippen molar-refractivity contribution in [3.05, 3.63) is 47.3 Å². The topological polar surface area (TPSA) is 75.8 Å². The highest BCUT2D eigenvalue weighted by Gasteiger charge is 2.43. The van der Waals surface area contributed by atoms with Crippen molar-refractivity contribution in [2.45, 2.75) is 38.3 Å². The van der Waals surface area contributed by atoms with Crippen molar-refractivity contribution in [3.8, 4) is 5.75 Å². The summed E-state index contributed by atoms with van der Waals surface area (Å²) in [6.45, 7) is 4.11. The molecule has 6 nitrogen and oxygen atoms in total. The number of hydrogen-bond donors (Lipinski definition) is 1. The number of benzene rings is 1. The van der Waals surface area contributed by atoms with Crippen LogP contribution in [0.1, 0.15) is 41.6 Å². The Morgan fingerprint density at radius 2 is 2.12 bits per heavy atom. The summed E-state index contributed by atoms with van der Waals surface area (Å²) in [7, 11) is 1.60. The zero-order chi connectivity index (χ0) is 17.3. The van der Waals surface area contributed by atoms with Gasteiger partial charge in [0.05, 0.1) is 18.8 Å². The van der Waals surface area contributed by atoms with Gasteiger partial charge < -0.3 is 19.3 Å². The van der Waals surface area contributed by atoms with Crippen LogP contribution in [0.4, 0.5) is 0 Å². The number of carbonyl (C=O) groups is 1. The molecule has 6 heteroatoms. The van der Waals surface area contributed by atoms with Gasteiger partial charge in [0.2, 0.25) is 5.76 Å². The normalized spacial score (nSPS) is 20.0. The van der Waals surface area contributed by atoms with E-state index in [2.05, 4.69) is 5.16 Å². The molecule has 1 aromatic carbocycles. The summed E-state index contributed by atoms with van der Waals surface area (Å²) in [4.78, 5) is 14.4. The Balaban J connectivity index is 1.86. The van der Waals surface area contributed by atoms with Crippen molar-refractivity contribution >= 4 is 5.91 Å². The van der Waals surface area contributed by atoms with Gasteiger partial charge in [0.15, 0.2) is 0 Å². The minimum absolute atomic E-state index is 0.213. The molecule has 2 aromatic rings. The van der Waals surface area contributed by atoms with Crippen LogP contribution in [-0.4, -0.2) is 40.8 Å². The van der Waals surface area contributed by atoms with E-state index in [1.54, 1.807) is 31.9 Å². The lowest BCUT2D eigenvalue weighted by atomic mass is 9.86. The highest BCUT2D eigenvalue weighted by atomic mass is 16.5. The zero-order valence-electron chi connectivity index (χ0n) is 14.2. The molecule has 2 heterocycles. The van der Waals surface area contributed by atoms with Crippen LogP contribution >= 0.6 is 0 Å². The second-order valence-corrected chi connectivity index (χ2v) is 6.37. The monoisotopic (exact) mass is 330 g/mol. The lowest BCUT2D eigenvalue weighted by Crippen LogP contribution is -2.48. The number of aromatic nitrogens is 1. The summed E-state index contributed by atoms with van der Waals surface area (Å²) < 4.78 is 10.3. The van der Waals surface area contributed by atoms with Gasteiger partial charge in [-0.15, -0.1) is 0 Å². The Kier molecular flexibility index (Phi) is 4.32. The first-order valence-corrected chi connectivity index (χ1v) is 8.04. The Labute approximate surface area is 141 Å². The highest BCUT2D eigenvalue weighted by molar-refractivity contribution is 5.92. The Hall–Kier alpha value is -2.34. The summed E-state index contributed by atoms with van der Waals surface area (Å²) in [6, 6.07) is 8.59. The molecule has 1 amide bonds. The van der Waals surface area contributed by atoms with Crippen LogP contribution in [0.5, 0.6) is 5.75 Å². The SMILES string of the molecule is COc1ccc(C(C)(O)C2CCCN2C(=O)c2cc(C)no2)cc1. The molecular formula is C18H22N2O4. The fraction of sp³-hybridized carbons (Fsp3) is 0.444. The number of hydrogen-bond acceptors (Lipinski definition) is 5. The van der Waals surface area contributed by atoms with Crippen LogP contribution in [-0.2, 0) is 5.60 Å². The molecule has 0 aliphatic carbocycles. The Bertz CT molecular complexity index is 721. The molecule has 0 saturated carbocycles. The maximum absolute atomic E-state index is 12.7. The number of aliphatic hydroxyl groups is 1. The molecule has 0 radical (unpaired) electrons. The number of aryl methyl sites for hydroxylation is 1. The number of methoxy groups -OCH3 is 1. The van der Waals surface area contributed by atoms with Crippen molar-refractivity contribution in [1.29, 1.82) is 0 Å². The van der Waals surface area contributed by atoms with E-state index in [-0.39, 0.29) is 17.7 Å². The summed E-state index contributed by atoms with van der Waals surface area (Å²) in [5, 5.41) is 14.9. The van der Waals surface area contributed by atoms with E-state index in [1.807, 2.05) is 24.3 Å². The smallest absolute Gasteiger partial charge is 0.292 e. The van der Waals surface area contributed by atoms with Gasteiger partial charge in [0.1, 0.15) is 11.4 Å². The predicted molar refractivity (Wildman–Crippen MR) is 87.9 cm³/mol. The number of carbonyl (C=O) groups excluding carboxylic acids is 1. The molecule has 3 rings (SSSR count). The van der Waals surface area contributed by atoms with Crippen LogP contribution in [0, 0.1) is 6.92 Å². The number of nitrogens with zero attached hydrogens (tertiary/aromatic N) is 2. The Morgan fingerprint density at radius 3 is 2.71 bits per heavy atom. The molecule has 128 valence electrons. The molecule has 24 heavy (non-hydrogen) atoms. The van der Waals surface area contributed by atoms with Gasteiger partial charge >= 0.3 is 0 Å². The standard InChI is InChI=1S/C18H22N2O4/c1-12-11-15(24-19-12)17(21)20-10-4-5-16(20)18(2,22)13-6-8-14(23-3)9-7-13/h6-9,11,16,22H,4-5,10H2,1-3H3. The van der Waals surface area contributed by atoms with Crippen LogP contribution in [0.25, 0.3) is 0 Å². The minimum Gasteiger partial charge on any atom is -0.497 e. The molecule has 1 aliphatic rings. The zero-order valence-corrected chi connectivity index (χ0v) is 14.2. The molecule has 1 fully saturated rings.